The van der Waals surface area contributed by atoms with E-state index < -0.39 is 0 Å². The van der Waals surface area contributed by atoms with Crippen LogP contribution in [-0.2, 0) is 6.42 Å². The molecule has 0 spiro atoms. The van der Waals surface area contributed by atoms with Gasteiger partial charge in [-0.15, -0.1) is 11.3 Å². The number of anilines is 2. The highest BCUT2D eigenvalue weighted by molar-refractivity contribution is 7.10. The van der Waals surface area contributed by atoms with E-state index in [2.05, 4.69) is 65.5 Å². The Kier molecular flexibility index (Phi) is 5.56. The van der Waals surface area contributed by atoms with Crippen molar-refractivity contribution in [2.24, 2.45) is 0 Å². The first kappa shape index (κ1) is 15.8. The summed E-state index contributed by atoms with van der Waals surface area (Å²) in [6.45, 7) is 7.37. The quantitative estimate of drug-likeness (QED) is 0.835. The number of hydrogen-bond donors (Lipinski definition) is 1. The largest absolute Gasteiger partial charge is 0.370 e. The monoisotopic (exact) mass is 304 g/mol. The van der Waals surface area contributed by atoms with E-state index >= 15 is 0 Å². The fourth-order valence-corrected chi connectivity index (χ4v) is 3.24. The zero-order valence-electron chi connectivity index (χ0n) is 13.3. The van der Waals surface area contributed by atoms with Crippen molar-refractivity contribution < 1.29 is 0 Å². The van der Waals surface area contributed by atoms with Gasteiger partial charge in [-0.2, -0.15) is 0 Å². The highest BCUT2D eigenvalue weighted by Crippen LogP contribution is 2.31. The SMILES string of the molecule is CCCc1c(NCC)ncnc1N(C)C(C)c1cccs1. The lowest BCUT2D eigenvalue weighted by atomic mass is 10.1. The first-order chi connectivity index (χ1) is 10.2. The average Bonchev–Trinajstić information content (AvgIpc) is 3.02. The van der Waals surface area contributed by atoms with Crippen molar-refractivity contribution in [1.29, 1.82) is 0 Å². The Morgan fingerprint density at radius 2 is 2.14 bits per heavy atom. The summed E-state index contributed by atoms with van der Waals surface area (Å²) in [5.74, 6) is 2.00. The van der Waals surface area contributed by atoms with Gasteiger partial charge in [-0.1, -0.05) is 19.4 Å². The molecule has 0 fully saturated rings. The van der Waals surface area contributed by atoms with Crippen molar-refractivity contribution >= 4 is 23.0 Å². The summed E-state index contributed by atoms with van der Waals surface area (Å²) in [4.78, 5) is 12.6. The normalized spacial score (nSPS) is 12.2. The molecule has 2 heterocycles. The second-order valence-corrected chi connectivity index (χ2v) is 6.09. The third kappa shape index (κ3) is 3.53. The molecule has 2 aromatic rings. The van der Waals surface area contributed by atoms with Crippen molar-refractivity contribution in [3.05, 3.63) is 34.3 Å². The minimum absolute atomic E-state index is 0.310. The fraction of sp³-hybridized carbons (Fsp3) is 0.500. The molecule has 1 N–H and O–H groups in total. The van der Waals surface area contributed by atoms with Gasteiger partial charge >= 0.3 is 0 Å². The lowest BCUT2D eigenvalue weighted by Gasteiger charge is -2.28. The summed E-state index contributed by atoms with van der Waals surface area (Å²) in [6.07, 6.45) is 3.73. The molecule has 0 saturated heterocycles. The van der Waals surface area contributed by atoms with E-state index in [4.69, 9.17) is 0 Å². The number of nitrogens with zero attached hydrogens (tertiary/aromatic N) is 3. The van der Waals surface area contributed by atoms with Crippen LogP contribution in [0.15, 0.2) is 23.8 Å². The minimum atomic E-state index is 0.310. The zero-order chi connectivity index (χ0) is 15.2. The summed E-state index contributed by atoms with van der Waals surface area (Å²) in [5, 5.41) is 5.48. The third-order valence-corrected chi connectivity index (χ3v) is 4.68. The molecule has 0 radical (unpaired) electrons. The zero-order valence-corrected chi connectivity index (χ0v) is 14.1. The molecule has 0 aliphatic heterocycles. The van der Waals surface area contributed by atoms with Gasteiger partial charge in [0.15, 0.2) is 0 Å². The van der Waals surface area contributed by atoms with Crippen LogP contribution >= 0.6 is 11.3 Å². The Hall–Kier alpha value is -1.62. The molecule has 0 amide bonds. The van der Waals surface area contributed by atoms with Gasteiger partial charge in [-0.3, -0.25) is 0 Å². The van der Waals surface area contributed by atoms with Crippen LogP contribution in [0.1, 0.15) is 43.7 Å². The Morgan fingerprint density at radius 3 is 2.76 bits per heavy atom. The van der Waals surface area contributed by atoms with Gasteiger partial charge in [0, 0.05) is 24.0 Å². The summed E-state index contributed by atoms with van der Waals surface area (Å²) in [5.41, 5.74) is 1.22. The van der Waals surface area contributed by atoms with E-state index in [1.807, 2.05) is 0 Å². The first-order valence-electron chi connectivity index (χ1n) is 7.53. The second-order valence-electron chi connectivity index (χ2n) is 5.11. The van der Waals surface area contributed by atoms with Crippen LogP contribution in [0.3, 0.4) is 0 Å². The topological polar surface area (TPSA) is 41.1 Å². The lowest BCUT2D eigenvalue weighted by molar-refractivity contribution is 0.730. The molecule has 0 aliphatic carbocycles. The van der Waals surface area contributed by atoms with E-state index in [9.17, 15) is 0 Å². The van der Waals surface area contributed by atoms with Gasteiger partial charge < -0.3 is 10.2 Å². The van der Waals surface area contributed by atoms with Crippen LogP contribution in [0, 0.1) is 0 Å². The van der Waals surface area contributed by atoms with E-state index in [1.165, 1.54) is 10.4 Å². The average molecular weight is 304 g/mol. The Morgan fingerprint density at radius 1 is 1.33 bits per heavy atom. The highest BCUT2D eigenvalue weighted by Gasteiger charge is 2.19. The fourth-order valence-electron chi connectivity index (χ4n) is 2.41. The van der Waals surface area contributed by atoms with Crippen molar-refractivity contribution in [2.45, 2.75) is 39.7 Å². The predicted octanol–water partition coefficient (Wildman–Crippen LogP) is 4.12. The molecular formula is C16H24N4S. The van der Waals surface area contributed by atoms with E-state index in [0.717, 1.165) is 31.0 Å². The molecule has 5 heteroatoms. The Bertz CT molecular complexity index is 553. The second kappa shape index (κ2) is 7.41. The summed E-state index contributed by atoms with van der Waals surface area (Å²) >= 11 is 1.79. The van der Waals surface area contributed by atoms with Gasteiger partial charge in [0.1, 0.15) is 18.0 Å². The minimum Gasteiger partial charge on any atom is -0.370 e. The Labute approximate surface area is 131 Å². The lowest BCUT2D eigenvalue weighted by Crippen LogP contribution is -2.24. The van der Waals surface area contributed by atoms with E-state index in [1.54, 1.807) is 17.7 Å². The van der Waals surface area contributed by atoms with Gasteiger partial charge in [-0.25, -0.2) is 9.97 Å². The number of nitrogens with one attached hydrogen (secondary N) is 1. The highest BCUT2D eigenvalue weighted by atomic mass is 32.1. The molecule has 114 valence electrons. The number of hydrogen-bond acceptors (Lipinski definition) is 5. The molecule has 0 aromatic carbocycles. The van der Waals surface area contributed by atoms with Crippen LogP contribution in [0.25, 0.3) is 0 Å². The van der Waals surface area contributed by atoms with Crippen LogP contribution in [0.2, 0.25) is 0 Å². The van der Waals surface area contributed by atoms with Crippen LogP contribution in [0.4, 0.5) is 11.6 Å². The van der Waals surface area contributed by atoms with Gasteiger partial charge in [-0.05, 0) is 31.7 Å². The molecule has 0 bridgehead atoms. The molecule has 4 nitrogen and oxygen atoms in total. The third-order valence-electron chi connectivity index (χ3n) is 3.64. The molecule has 1 atom stereocenters. The van der Waals surface area contributed by atoms with Crippen molar-refractivity contribution in [3.8, 4) is 0 Å². The van der Waals surface area contributed by atoms with Gasteiger partial charge in [0.2, 0.25) is 0 Å². The van der Waals surface area contributed by atoms with Gasteiger partial charge in [0.25, 0.3) is 0 Å². The number of rotatable bonds is 7. The van der Waals surface area contributed by atoms with Crippen LogP contribution in [-0.4, -0.2) is 23.6 Å². The summed E-state index contributed by atoms with van der Waals surface area (Å²) < 4.78 is 0. The van der Waals surface area contributed by atoms with Crippen LogP contribution in [0.5, 0.6) is 0 Å². The Balaban J connectivity index is 2.35. The molecule has 21 heavy (non-hydrogen) atoms. The van der Waals surface area contributed by atoms with E-state index in [0.29, 0.717) is 6.04 Å². The molecule has 0 aliphatic rings. The van der Waals surface area contributed by atoms with Gasteiger partial charge in [0.05, 0.1) is 6.04 Å². The van der Waals surface area contributed by atoms with Crippen molar-refractivity contribution in [2.75, 3.05) is 23.8 Å². The van der Waals surface area contributed by atoms with E-state index in [-0.39, 0.29) is 0 Å². The predicted molar refractivity (Wildman–Crippen MR) is 91.3 cm³/mol. The smallest absolute Gasteiger partial charge is 0.137 e. The maximum atomic E-state index is 4.55. The molecular weight excluding hydrogens is 280 g/mol. The van der Waals surface area contributed by atoms with Crippen LogP contribution < -0.4 is 10.2 Å². The summed E-state index contributed by atoms with van der Waals surface area (Å²) in [6, 6.07) is 4.59. The number of thiophene rings is 1. The number of aromatic nitrogens is 2. The maximum Gasteiger partial charge on any atom is 0.137 e. The maximum absolute atomic E-state index is 4.55. The van der Waals surface area contributed by atoms with Crippen molar-refractivity contribution in [1.82, 2.24) is 9.97 Å². The standard InChI is InChI=1S/C16H24N4S/c1-5-8-13-15(17-6-2)18-11-19-16(13)20(4)12(3)14-9-7-10-21-14/h7,9-12H,5-6,8H2,1-4H3,(H,17,18,19). The first-order valence-corrected chi connectivity index (χ1v) is 8.40. The summed E-state index contributed by atoms with van der Waals surface area (Å²) in [7, 11) is 2.11. The molecule has 2 aromatic heterocycles. The molecule has 1 unspecified atom stereocenters. The van der Waals surface area contributed by atoms with Crippen molar-refractivity contribution in [3.63, 3.8) is 0 Å². The molecule has 2 rings (SSSR count). The molecule has 0 saturated carbocycles.